The lowest BCUT2D eigenvalue weighted by Gasteiger charge is -2.13. The summed E-state index contributed by atoms with van der Waals surface area (Å²) in [7, 11) is 0. The van der Waals surface area contributed by atoms with Crippen molar-refractivity contribution in [3.05, 3.63) is 52.8 Å². The third kappa shape index (κ3) is 1.92. The van der Waals surface area contributed by atoms with Crippen LogP contribution in [0.4, 0.5) is 0 Å². The number of hydrogen-bond donors (Lipinski definition) is 2. The number of aryl methyl sites for hydroxylation is 2. The van der Waals surface area contributed by atoms with Crippen LogP contribution in [0, 0.1) is 13.8 Å². The van der Waals surface area contributed by atoms with Gasteiger partial charge in [-0.25, -0.2) is 0 Å². The maximum atomic E-state index is 6.14. The van der Waals surface area contributed by atoms with Crippen molar-refractivity contribution in [3.63, 3.8) is 0 Å². The molecule has 78 valence electrons. The zero-order valence-corrected chi connectivity index (χ0v) is 8.99. The molecule has 3 N–H and O–H groups in total. The Labute approximate surface area is 89.3 Å². The Balaban J connectivity index is 2.38. The topological polar surface area (TPSA) is 54.7 Å². The molecule has 0 aliphatic carbocycles. The molecule has 1 atom stereocenters. The zero-order chi connectivity index (χ0) is 10.8. The van der Waals surface area contributed by atoms with Crippen LogP contribution in [0.3, 0.4) is 0 Å². The van der Waals surface area contributed by atoms with Crippen molar-refractivity contribution in [2.24, 2.45) is 5.73 Å². The van der Waals surface area contributed by atoms with E-state index in [1.165, 1.54) is 11.1 Å². The van der Waals surface area contributed by atoms with Crippen molar-refractivity contribution < 1.29 is 0 Å². The molecule has 0 radical (unpaired) electrons. The molecule has 1 heterocycles. The van der Waals surface area contributed by atoms with E-state index in [1.54, 1.807) is 6.20 Å². The minimum absolute atomic E-state index is 0.118. The van der Waals surface area contributed by atoms with Crippen LogP contribution in [0.5, 0.6) is 0 Å². The Morgan fingerprint density at radius 1 is 1.27 bits per heavy atom. The molecule has 0 fully saturated rings. The quantitative estimate of drug-likeness (QED) is 0.781. The van der Waals surface area contributed by atoms with Gasteiger partial charge in [0.05, 0.1) is 11.7 Å². The standard InChI is InChI=1S/C12H15N3/c1-8-3-4-10(9(2)7-8)12(13)11-5-6-14-15-11/h3-7,12H,13H2,1-2H3,(H,14,15). The molecule has 0 aliphatic rings. The number of hydrogen-bond acceptors (Lipinski definition) is 2. The minimum Gasteiger partial charge on any atom is -0.319 e. The Kier molecular flexibility index (Phi) is 2.56. The lowest BCUT2D eigenvalue weighted by Crippen LogP contribution is -2.13. The van der Waals surface area contributed by atoms with Crippen LogP contribution in [-0.4, -0.2) is 10.2 Å². The Morgan fingerprint density at radius 3 is 2.67 bits per heavy atom. The molecule has 1 aromatic heterocycles. The third-order valence-electron chi connectivity index (χ3n) is 2.62. The van der Waals surface area contributed by atoms with E-state index in [1.807, 2.05) is 6.07 Å². The number of nitrogens with zero attached hydrogens (tertiary/aromatic N) is 1. The second kappa shape index (κ2) is 3.87. The van der Waals surface area contributed by atoms with Gasteiger partial charge < -0.3 is 5.73 Å². The summed E-state index contributed by atoms with van der Waals surface area (Å²) in [6, 6.07) is 8.10. The molecule has 0 amide bonds. The first-order valence-electron chi connectivity index (χ1n) is 5.00. The summed E-state index contributed by atoms with van der Waals surface area (Å²) >= 11 is 0. The summed E-state index contributed by atoms with van der Waals surface area (Å²) in [5.74, 6) is 0. The van der Waals surface area contributed by atoms with Crippen LogP contribution in [0.15, 0.2) is 30.5 Å². The van der Waals surface area contributed by atoms with E-state index in [2.05, 4.69) is 42.2 Å². The van der Waals surface area contributed by atoms with Gasteiger partial charge in [-0.2, -0.15) is 5.10 Å². The van der Waals surface area contributed by atoms with E-state index in [-0.39, 0.29) is 6.04 Å². The summed E-state index contributed by atoms with van der Waals surface area (Å²) in [6.07, 6.45) is 1.72. The van der Waals surface area contributed by atoms with E-state index in [0.717, 1.165) is 11.3 Å². The Morgan fingerprint density at radius 2 is 2.07 bits per heavy atom. The van der Waals surface area contributed by atoms with Gasteiger partial charge in [0.2, 0.25) is 0 Å². The zero-order valence-electron chi connectivity index (χ0n) is 8.99. The van der Waals surface area contributed by atoms with Gasteiger partial charge in [0, 0.05) is 6.20 Å². The fraction of sp³-hybridized carbons (Fsp3) is 0.250. The van der Waals surface area contributed by atoms with E-state index < -0.39 is 0 Å². The summed E-state index contributed by atoms with van der Waals surface area (Å²) in [6.45, 7) is 4.16. The molecule has 1 unspecified atom stereocenters. The highest BCUT2D eigenvalue weighted by atomic mass is 15.1. The molecule has 0 saturated carbocycles. The first-order chi connectivity index (χ1) is 7.18. The minimum atomic E-state index is -0.118. The maximum Gasteiger partial charge on any atom is 0.0723 e. The molecule has 2 aromatic rings. The molecule has 15 heavy (non-hydrogen) atoms. The van der Waals surface area contributed by atoms with Crippen LogP contribution in [0.25, 0.3) is 0 Å². The van der Waals surface area contributed by atoms with Crippen molar-refractivity contribution in [2.75, 3.05) is 0 Å². The van der Waals surface area contributed by atoms with Gasteiger partial charge in [-0.1, -0.05) is 23.8 Å². The molecular formula is C12H15N3. The molecule has 3 nitrogen and oxygen atoms in total. The number of nitrogens with one attached hydrogen (secondary N) is 1. The molecule has 0 spiro atoms. The summed E-state index contributed by atoms with van der Waals surface area (Å²) in [5, 5.41) is 6.81. The first kappa shape index (κ1) is 9.93. The van der Waals surface area contributed by atoms with Crippen LogP contribution < -0.4 is 5.73 Å². The van der Waals surface area contributed by atoms with Gasteiger partial charge in [-0.15, -0.1) is 0 Å². The number of benzene rings is 1. The predicted molar refractivity (Wildman–Crippen MR) is 60.5 cm³/mol. The third-order valence-corrected chi connectivity index (χ3v) is 2.62. The predicted octanol–water partition coefficient (Wildman–Crippen LogP) is 2.07. The van der Waals surface area contributed by atoms with E-state index >= 15 is 0 Å². The van der Waals surface area contributed by atoms with Crippen molar-refractivity contribution in [2.45, 2.75) is 19.9 Å². The second-order valence-electron chi connectivity index (χ2n) is 3.85. The largest absolute Gasteiger partial charge is 0.319 e. The summed E-state index contributed by atoms with van der Waals surface area (Å²) in [4.78, 5) is 0. The van der Waals surface area contributed by atoms with Crippen LogP contribution in [0.2, 0.25) is 0 Å². The summed E-state index contributed by atoms with van der Waals surface area (Å²) in [5.41, 5.74) is 10.7. The van der Waals surface area contributed by atoms with Gasteiger partial charge in [0.25, 0.3) is 0 Å². The number of rotatable bonds is 2. The van der Waals surface area contributed by atoms with Crippen molar-refractivity contribution in [3.8, 4) is 0 Å². The average Bonchev–Trinajstić information content (AvgIpc) is 2.69. The van der Waals surface area contributed by atoms with Crippen LogP contribution in [0.1, 0.15) is 28.4 Å². The smallest absolute Gasteiger partial charge is 0.0723 e. The SMILES string of the molecule is Cc1ccc(C(N)c2ccn[nH]2)c(C)c1. The summed E-state index contributed by atoms with van der Waals surface area (Å²) < 4.78 is 0. The molecule has 1 aromatic carbocycles. The highest BCUT2D eigenvalue weighted by Gasteiger charge is 2.11. The van der Waals surface area contributed by atoms with E-state index in [9.17, 15) is 0 Å². The molecule has 0 aliphatic heterocycles. The van der Waals surface area contributed by atoms with E-state index in [0.29, 0.717) is 0 Å². The van der Waals surface area contributed by atoms with Gasteiger partial charge in [-0.05, 0) is 31.0 Å². The number of aromatic nitrogens is 2. The second-order valence-corrected chi connectivity index (χ2v) is 3.85. The van der Waals surface area contributed by atoms with Crippen molar-refractivity contribution in [1.29, 1.82) is 0 Å². The average molecular weight is 201 g/mol. The lowest BCUT2D eigenvalue weighted by molar-refractivity contribution is 0.809. The highest BCUT2D eigenvalue weighted by molar-refractivity contribution is 5.36. The van der Waals surface area contributed by atoms with Gasteiger partial charge in [-0.3, -0.25) is 5.10 Å². The monoisotopic (exact) mass is 201 g/mol. The highest BCUT2D eigenvalue weighted by Crippen LogP contribution is 2.21. The van der Waals surface area contributed by atoms with Crippen molar-refractivity contribution in [1.82, 2.24) is 10.2 Å². The van der Waals surface area contributed by atoms with Crippen LogP contribution in [-0.2, 0) is 0 Å². The van der Waals surface area contributed by atoms with Gasteiger partial charge >= 0.3 is 0 Å². The molecule has 2 rings (SSSR count). The fourth-order valence-electron chi connectivity index (χ4n) is 1.78. The van der Waals surface area contributed by atoms with Gasteiger partial charge in [0.15, 0.2) is 0 Å². The van der Waals surface area contributed by atoms with E-state index in [4.69, 9.17) is 5.73 Å². The number of H-pyrrole nitrogens is 1. The normalized spacial score (nSPS) is 12.7. The molecule has 0 bridgehead atoms. The fourth-order valence-corrected chi connectivity index (χ4v) is 1.78. The molecule has 3 heteroatoms. The van der Waals surface area contributed by atoms with Crippen LogP contribution >= 0.6 is 0 Å². The Bertz CT molecular complexity index is 446. The molecule has 0 saturated heterocycles. The first-order valence-corrected chi connectivity index (χ1v) is 5.00. The maximum absolute atomic E-state index is 6.14. The van der Waals surface area contributed by atoms with Crippen molar-refractivity contribution >= 4 is 0 Å². The van der Waals surface area contributed by atoms with Gasteiger partial charge in [0.1, 0.15) is 0 Å². The number of aromatic amines is 1. The Hall–Kier alpha value is -1.61. The lowest BCUT2D eigenvalue weighted by atomic mass is 9.98. The number of nitrogens with two attached hydrogens (primary N) is 1. The molecular weight excluding hydrogens is 186 g/mol.